The molecule has 0 aromatic rings. The number of ether oxygens (including phenoxy) is 1. The lowest BCUT2D eigenvalue weighted by molar-refractivity contribution is -0.199. The van der Waals surface area contributed by atoms with Crippen LogP contribution in [0.25, 0.3) is 0 Å². The summed E-state index contributed by atoms with van der Waals surface area (Å²) in [6.45, 7) is 0.780. The number of rotatable bonds is 2. The van der Waals surface area contributed by atoms with Crippen molar-refractivity contribution in [2.45, 2.75) is 13.1 Å². The Morgan fingerprint density at radius 1 is 1.43 bits per heavy atom. The third-order valence-electron chi connectivity index (χ3n) is 0.682. The van der Waals surface area contributed by atoms with Gasteiger partial charge in [-0.25, -0.2) is 4.79 Å². The van der Waals surface area contributed by atoms with Crippen molar-refractivity contribution >= 4 is 11.9 Å². The molecule has 0 aliphatic rings. The zero-order valence-electron chi connectivity index (χ0n) is 7.30. The van der Waals surface area contributed by atoms with Crippen molar-refractivity contribution in [1.29, 1.82) is 0 Å². The summed E-state index contributed by atoms with van der Waals surface area (Å²) >= 11 is 0. The maximum atomic E-state index is 11.2. The first-order chi connectivity index (χ1) is 6.25. The normalized spacial score (nSPS) is 9.79. The quantitative estimate of drug-likeness (QED) is 0.642. The first-order valence-corrected chi connectivity index (χ1v) is 3.41. The number of nitrogens with two attached hydrogens (primary N) is 1. The Kier molecular flexibility index (Phi) is 7.73. The molecule has 0 fully saturated rings. The van der Waals surface area contributed by atoms with Gasteiger partial charge in [0.25, 0.3) is 0 Å². The summed E-state index contributed by atoms with van der Waals surface area (Å²) in [5.41, 5.74) is 4.57. The zero-order chi connectivity index (χ0) is 11.8. The van der Waals surface area contributed by atoms with Gasteiger partial charge in [0.15, 0.2) is 0 Å². The standard InChI is InChI=1S/C4H5F3O2.C2H5NO2/c1-2-9-3(8)4(5,6)7;3-1-2(4)5/h2H2,1H3;1,3H2,(H,4,5). The molecule has 84 valence electrons. The molecule has 0 bridgehead atoms. The number of aliphatic carboxylic acids is 1. The lowest BCUT2D eigenvalue weighted by Crippen LogP contribution is -2.25. The van der Waals surface area contributed by atoms with Gasteiger partial charge in [-0.3, -0.25) is 4.79 Å². The summed E-state index contributed by atoms with van der Waals surface area (Å²) < 4.78 is 37.1. The van der Waals surface area contributed by atoms with Crippen LogP contribution in [-0.4, -0.2) is 36.4 Å². The second-order valence-electron chi connectivity index (χ2n) is 1.82. The average Bonchev–Trinajstić information content (AvgIpc) is 2.04. The van der Waals surface area contributed by atoms with E-state index in [2.05, 4.69) is 10.5 Å². The van der Waals surface area contributed by atoms with Crippen LogP contribution in [0.1, 0.15) is 6.92 Å². The number of carboxylic acids is 1. The van der Waals surface area contributed by atoms with E-state index in [1.165, 1.54) is 6.92 Å². The minimum atomic E-state index is -4.85. The molecule has 5 nitrogen and oxygen atoms in total. The Balaban J connectivity index is 0. The third kappa shape index (κ3) is 10.7. The SMILES string of the molecule is CCOC(=O)C(F)(F)F.NCC(=O)O. The molecule has 0 amide bonds. The summed E-state index contributed by atoms with van der Waals surface area (Å²) in [5, 5.41) is 7.60. The Labute approximate surface area is 77.6 Å². The molecule has 0 heterocycles. The fourth-order valence-electron chi connectivity index (χ4n) is 0.213. The van der Waals surface area contributed by atoms with Crippen LogP contribution in [0, 0.1) is 0 Å². The number of esters is 1. The van der Waals surface area contributed by atoms with Crippen LogP contribution in [0.4, 0.5) is 13.2 Å². The monoisotopic (exact) mass is 217 g/mol. The first-order valence-electron chi connectivity index (χ1n) is 3.41. The van der Waals surface area contributed by atoms with Crippen molar-refractivity contribution in [3.05, 3.63) is 0 Å². The minimum Gasteiger partial charge on any atom is -0.480 e. The molecule has 0 saturated heterocycles. The van der Waals surface area contributed by atoms with Crippen LogP contribution in [0.15, 0.2) is 0 Å². The van der Waals surface area contributed by atoms with E-state index >= 15 is 0 Å². The highest BCUT2D eigenvalue weighted by Crippen LogP contribution is 2.15. The van der Waals surface area contributed by atoms with Gasteiger partial charge in [0.1, 0.15) is 0 Å². The molecule has 0 aromatic carbocycles. The lowest BCUT2D eigenvalue weighted by Gasteiger charge is -2.02. The van der Waals surface area contributed by atoms with Crippen LogP contribution in [0.3, 0.4) is 0 Å². The van der Waals surface area contributed by atoms with E-state index in [0.29, 0.717) is 0 Å². The number of alkyl halides is 3. The van der Waals surface area contributed by atoms with Crippen LogP contribution in [0.5, 0.6) is 0 Å². The molecule has 0 saturated carbocycles. The van der Waals surface area contributed by atoms with Crippen molar-refractivity contribution in [2.75, 3.05) is 13.2 Å². The van der Waals surface area contributed by atoms with Crippen LogP contribution in [-0.2, 0) is 14.3 Å². The fraction of sp³-hybridized carbons (Fsp3) is 0.667. The van der Waals surface area contributed by atoms with Crippen molar-refractivity contribution in [2.24, 2.45) is 5.73 Å². The van der Waals surface area contributed by atoms with Gasteiger partial charge in [-0.05, 0) is 6.92 Å². The van der Waals surface area contributed by atoms with Gasteiger partial charge in [0, 0.05) is 0 Å². The lowest BCUT2D eigenvalue weighted by atomic mass is 10.7. The maximum absolute atomic E-state index is 11.2. The number of carboxylic acid groups (broad SMARTS) is 1. The summed E-state index contributed by atoms with van der Waals surface area (Å²) in [4.78, 5) is 19.0. The first kappa shape index (κ1) is 15.2. The maximum Gasteiger partial charge on any atom is 0.490 e. The molecule has 3 N–H and O–H groups in total. The van der Waals surface area contributed by atoms with Crippen molar-refractivity contribution < 1.29 is 32.6 Å². The molecular weight excluding hydrogens is 207 g/mol. The zero-order valence-corrected chi connectivity index (χ0v) is 7.30. The Hall–Kier alpha value is -1.31. The molecular formula is C6H10F3NO4. The van der Waals surface area contributed by atoms with Gasteiger partial charge in [-0.2, -0.15) is 13.2 Å². The minimum absolute atomic E-state index is 0.252. The molecule has 8 heteroatoms. The molecule has 0 spiro atoms. The summed E-state index contributed by atoms with van der Waals surface area (Å²) in [7, 11) is 0. The molecule has 0 aliphatic heterocycles. The summed E-state index contributed by atoms with van der Waals surface area (Å²) in [6.07, 6.45) is -4.85. The Morgan fingerprint density at radius 3 is 1.86 bits per heavy atom. The largest absolute Gasteiger partial charge is 0.490 e. The van der Waals surface area contributed by atoms with Gasteiger partial charge in [-0.15, -0.1) is 0 Å². The van der Waals surface area contributed by atoms with Gasteiger partial charge in [0.2, 0.25) is 0 Å². The van der Waals surface area contributed by atoms with Crippen LogP contribution in [0.2, 0.25) is 0 Å². The van der Waals surface area contributed by atoms with Gasteiger partial charge < -0.3 is 15.6 Å². The predicted molar refractivity (Wildman–Crippen MR) is 39.4 cm³/mol. The number of halogens is 3. The fourth-order valence-corrected chi connectivity index (χ4v) is 0.213. The van der Waals surface area contributed by atoms with E-state index < -0.39 is 18.1 Å². The highest BCUT2D eigenvalue weighted by molar-refractivity contribution is 5.75. The molecule has 0 atom stereocenters. The highest BCUT2D eigenvalue weighted by Gasteiger charge is 2.40. The van der Waals surface area contributed by atoms with E-state index in [-0.39, 0.29) is 13.2 Å². The number of hydrogen-bond donors (Lipinski definition) is 2. The van der Waals surface area contributed by atoms with E-state index in [1.54, 1.807) is 0 Å². The smallest absolute Gasteiger partial charge is 0.480 e. The van der Waals surface area contributed by atoms with Gasteiger partial charge in [0.05, 0.1) is 13.2 Å². The van der Waals surface area contributed by atoms with Gasteiger partial charge >= 0.3 is 18.1 Å². The molecule has 0 aliphatic carbocycles. The highest BCUT2D eigenvalue weighted by atomic mass is 19.4. The van der Waals surface area contributed by atoms with E-state index in [0.717, 1.165) is 0 Å². The molecule has 0 rings (SSSR count). The Morgan fingerprint density at radius 2 is 1.79 bits per heavy atom. The third-order valence-corrected chi connectivity index (χ3v) is 0.682. The second-order valence-corrected chi connectivity index (χ2v) is 1.82. The van der Waals surface area contributed by atoms with E-state index in [9.17, 15) is 22.8 Å². The van der Waals surface area contributed by atoms with E-state index in [1.807, 2.05) is 0 Å². The number of hydrogen-bond acceptors (Lipinski definition) is 4. The average molecular weight is 217 g/mol. The van der Waals surface area contributed by atoms with Crippen molar-refractivity contribution in [3.63, 3.8) is 0 Å². The van der Waals surface area contributed by atoms with Crippen molar-refractivity contribution in [1.82, 2.24) is 0 Å². The van der Waals surface area contributed by atoms with Crippen molar-refractivity contribution in [3.8, 4) is 0 Å². The molecule has 0 unspecified atom stereocenters. The summed E-state index contributed by atoms with van der Waals surface area (Å²) in [5.74, 6) is -3.10. The second kappa shape index (κ2) is 7.13. The Bertz CT molecular complexity index is 192. The van der Waals surface area contributed by atoms with E-state index in [4.69, 9.17) is 5.11 Å². The van der Waals surface area contributed by atoms with Crippen LogP contribution >= 0.6 is 0 Å². The molecule has 0 radical (unpaired) electrons. The molecule has 0 aromatic heterocycles. The van der Waals surface area contributed by atoms with Crippen LogP contribution < -0.4 is 5.73 Å². The van der Waals surface area contributed by atoms with Gasteiger partial charge in [-0.1, -0.05) is 0 Å². The summed E-state index contributed by atoms with van der Waals surface area (Å²) in [6, 6.07) is 0. The number of carbonyl (C=O) groups is 2. The molecule has 14 heavy (non-hydrogen) atoms. The topological polar surface area (TPSA) is 89.6 Å². The number of carbonyl (C=O) groups excluding carboxylic acids is 1. The predicted octanol–water partition coefficient (Wildman–Crippen LogP) is 0.141.